The van der Waals surface area contributed by atoms with E-state index in [-0.39, 0.29) is 12.7 Å². The van der Waals surface area contributed by atoms with Crippen molar-refractivity contribution in [1.29, 1.82) is 0 Å². The van der Waals surface area contributed by atoms with E-state index in [0.29, 0.717) is 19.6 Å². The maximum absolute atomic E-state index is 12.1. The predicted molar refractivity (Wildman–Crippen MR) is 92.7 cm³/mol. The van der Waals surface area contributed by atoms with Crippen molar-refractivity contribution < 1.29 is 19.1 Å². The Bertz CT molecular complexity index is 512. The van der Waals surface area contributed by atoms with Crippen molar-refractivity contribution in [3.05, 3.63) is 35.9 Å². The molecule has 0 aliphatic heterocycles. The third-order valence-electron chi connectivity index (χ3n) is 3.01. The highest BCUT2D eigenvalue weighted by atomic mass is 16.6. The SMILES string of the molecule is CCCN(CCNC(=O)OCc1ccccc1)C(=O)OC(C)(C)C. The van der Waals surface area contributed by atoms with Crippen LogP contribution in [0.4, 0.5) is 9.59 Å². The molecule has 0 fully saturated rings. The molecule has 24 heavy (non-hydrogen) atoms. The molecule has 0 bridgehead atoms. The van der Waals surface area contributed by atoms with Crippen LogP contribution in [0, 0.1) is 0 Å². The Labute approximate surface area is 144 Å². The van der Waals surface area contributed by atoms with E-state index in [9.17, 15) is 9.59 Å². The molecule has 0 atom stereocenters. The molecule has 1 aromatic carbocycles. The average molecular weight is 336 g/mol. The fourth-order valence-corrected chi connectivity index (χ4v) is 1.96. The van der Waals surface area contributed by atoms with E-state index in [4.69, 9.17) is 9.47 Å². The second kappa shape index (κ2) is 9.80. The maximum Gasteiger partial charge on any atom is 0.410 e. The van der Waals surface area contributed by atoms with Crippen LogP contribution in [0.2, 0.25) is 0 Å². The first kappa shape index (κ1) is 19.8. The first-order valence-electron chi connectivity index (χ1n) is 8.24. The molecule has 1 aromatic rings. The minimum atomic E-state index is -0.537. The van der Waals surface area contributed by atoms with Crippen LogP contribution in [-0.4, -0.2) is 42.3 Å². The fourth-order valence-electron chi connectivity index (χ4n) is 1.96. The molecule has 0 aliphatic carbocycles. The Morgan fingerprint density at radius 3 is 2.38 bits per heavy atom. The number of hydrogen-bond acceptors (Lipinski definition) is 4. The van der Waals surface area contributed by atoms with Gasteiger partial charge in [-0.05, 0) is 32.8 Å². The lowest BCUT2D eigenvalue weighted by atomic mass is 10.2. The van der Waals surface area contributed by atoms with Crippen LogP contribution in [-0.2, 0) is 16.1 Å². The summed E-state index contributed by atoms with van der Waals surface area (Å²) in [6.07, 6.45) is -0.0548. The topological polar surface area (TPSA) is 67.9 Å². The third kappa shape index (κ3) is 8.41. The molecule has 6 nitrogen and oxygen atoms in total. The molecule has 0 aliphatic rings. The number of rotatable bonds is 7. The smallest absolute Gasteiger partial charge is 0.410 e. The van der Waals surface area contributed by atoms with Gasteiger partial charge in [-0.2, -0.15) is 0 Å². The van der Waals surface area contributed by atoms with E-state index in [1.807, 2.05) is 58.0 Å². The Kier molecular flexibility index (Phi) is 8.09. The summed E-state index contributed by atoms with van der Waals surface area (Å²) in [4.78, 5) is 25.4. The number of nitrogens with one attached hydrogen (secondary N) is 1. The van der Waals surface area contributed by atoms with Crippen molar-refractivity contribution in [3.8, 4) is 0 Å². The molecule has 1 N–H and O–H groups in total. The summed E-state index contributed by atoms with van der Waals surface area (Å²) < 4.78 is 10.5. The normalized spacial score (nSPS) is 10.8. The van der Waals surface area contributed by atoms with Crippen LogP contribution < -0.4 is 5.32 Å². The highest BCUT2D eigenvalue weighted by Crippen LogP contribution is 2.10. The van der Waals surface area contributed by atoms with Crippen LogP contribution in [0.5, 0.6) is 0 Å². The van der Waals surface area contributed by atoms with Gasteiger partial charge in [0.1, 0.15) is 12.2 Å². The zero-order valence-electron chi connectivity index (χ0n) is 15.0. The first-order chi connectivity index (χ1) is 11.3. The highest BCUT2D eigenvalue weighted by molar-refractivity contribution is 5.69. The lowest BCUT2D eigenvalue weighted by Gasteiger charge is -2.27. The zero-order chi connectivity index (χ0) is 18.0. The molecule has 1 rings (SSSR count). The first-order valence-corrected chi connectivity index (χ1v) is 8.24. The number of ether oxygens (including phenoxy) is 2. The van der Waals surface area contributed by atoms with Crippen LogP contribution >= 0.6 is 0 Å². The van der Waals surface area contributed by atoms with Gasteiger partial charge in [-0.25, -0.2) is 9.59 Å². The molecule has 0 radical (unpaired) electrons. The number of alkyl carbamates (subject to hydrolysis) is 1. The molecule has 0 heterocycles. The van der Waals surface area contributed by atoms with Crippen molar-refractivity contribution in [2.75, 3.05) is 19.6 Å². The number of carbonyl (C=O) groups excluding carboxylic acids is 2. The Morgan fingerprint density at radius 2 is 1.79 bits per heavy atom. The summed E-state index contributed by atoms with van der Waals surface area (Å²) in [7, 11) is 0. The standard InChI is InChI=1S/C18H28N2O4/c1-5-12-20(17(22)24-18(2,3)4)13-11-19-16(21)23-14-15-9-7-6-8-10-15/h6-10H,5,11-14H2,1-4H3,(H,19,21). The summed E-state index contributed by atoms with van der Waals surface area (Å²) in [6, 6.07) is 9.46. The van der Waals surface area contributed by atoms with Gasteiger partial charge in [-0.1, -0.05) is 37.3 Å². The van der Waals surface area contributed by atoms with Gasteiger partial charge >= 0.3 is 12.2 Å². The summed E-state index contributed by atoms with van der Waals surface area (Å²) in [5, 5.41) is 2.65. The molecule has 0 spiro atoms. The largest absolute Gasteiger partial charge is 0.445 e. The summed E-state index contributed by atoms with van der Waals surface area (Å²) in [5.74, 6) is 0. The van der Waals surface area contributed by atoms with E-state index >= 15 is 0 Å². The van der Waals surface area contributed by atoms with Crippen LogP contribution in [0.15, 0.2) is 30.3 Å². The van der Waals surface area contributed by atoms with E-state index in [0.717, 1.165) is 12.0 Å². The van der Waals surface area contributed by atoms with Crippen molar-refractivity contribution >= 4 is 12.2 Å². The molecule has 0 unspecified atom stereocenters. The van der Waals surface area contributed by atoms with Crippen molar-refractivity contribution in [3.63, 3.8) is 0 Å². The molecule has 134 valence electrons. The summed E-state index contributed by atoms with van der Waals surface area (Å²) in [5.41, 5.74) is 0.388. The van der Waals surface area contributed by atoms with Crippen molar-refractivity contribution in [2.45, 2.75) is 46.3 Å². The molecular weight excluding hydrogens is 308 g/mol. The van der Waals surface area contributed by atoms with E-state index < -0.39 is 11.7 Å². The molecule has 2 amide bonds. The second-order valence-electron chi connectivity index (χ2n) is 6.46. The molecule has 0 saturated carbocycles. The van der Waals surface area contributed by atoms with E-state index in [2.05, 4.69) is 5.32 Å². The van der Waals surface area contributed by atoms with Gasteiger partial charge in [-0.3, -0.25) is 0 Å². The van der Waals surface area contributed by atoms with Crippen LogP contribution in [0.25, 0.3) is 0 Å². The minimum Gasteiger partial charge on any atom is -0.445 e. The lowest BCUT2D eigenvalue weighted by molar-refractivity contribution is 0.0250. The molecule has 0 saturated heterocycles. The second-order valence-corrected chi connectivity index (χ2v) is 6.46. The fraction of sp³-hybridized carbons (Fsp3) is 0.556. The Hall–Kier alpha value is -2.24. The van der Waals surface area contributed by atoms with Gasteiger partial charge in [0, 0.05) is 19.6 Å². The van der Waals surface area contributed by atoms with Gasteiger partial charge in [0.05, 0.1) is 0 Å². The Balaban J connectivity index is 2.33. The lowest BCUT2D eigenvalue weighted by Crippen LogP contribution is -2.41. The van der Waals surface area contributed by atoms with Crippen LogP contribution in [0.1, 0.15) is 39.7 Å². The number of amides is 2. The van der Waals surface area contributed by atoms with Crippen molar-refractivity contribution in [2.24, 2.45) is 0 Å². The van der Waals surface area contributed by atoms with Gasteiger partial charge in [-0.15, -0.1) is 0 Å². The zero-order valence-corrected chi connectivity index (χ0v) is 15.0. The summed E-state index contributed by atoms with van der Waals surface area (Å²) in [6.45, 7) is 8.96. The highest BCUT2D eigenvalue weighted by Gasteiger charge is 2.21. The number of carbonyl (C=O) groups is 2. The Morgan fingerprint density at radius 1 is 1.12 bits per heavy atom. The number of hydrogen-bond donors (Lipinski definition) is 1. The summed E-state index contributed by atoms with van der Waals surface area (Å²) >= 11 is 0. The quantitative estimate of drug-likeness (QED) is 0.826. The third-order valence-corrected chi connectivity index (χ3v) is 3.01. The number of benzene rings is 1. The van der Waals surface area contributed by atoms with Gasteiger partial charge in [0.15, 0.2) is 0 Å². The molecule has 6 heteroatoms. The van der Waals surface area contributed by atoms with E-state index in [1.54, 1.807) is 4.90 Å². The van der Waals surface area contributed by atoms with Gasteiger partial charge in [0.25, 0.3) is 0 Å². The molecular formula is C18H28N2O4. The minimum absolute atomic E-state index is 0.220. The van der Waals surface area contributed by atoms with Gasteiger partial charge in [0.2, 0.25) is 0 Å². The maximum atomic E-state index is 12.1. The number of nitrogens with zero attached hydrogens (tertiary/aromatic N) is 1. The van der Waals surface area contributed by atoms with Crippen molar-refractivity contribution in [1.82, 2.24) is 10.2 Å². The predicted octanol–water partition coefficient (Wildman–Crippen LogP) is 3.56. The van der Waals surface area contributed by atoms with E-state index in [1.165, 1.54) is 0 Å². The molecule has 0 aromatic heterocycles. The average Bonchev–Trinajstić information content (AvgIpc) is 2.51. The van der Waals surface area contributed by atoms with Gasteiger partial charge < -0.3 is 19.7 Å². The van der Waals surface area contributed by atoms with Crippen LogP contribution in [0.3, 0.4) is 0 Å². The monoisotopic (exact) mass is 336 g/mol.